The quantitative estimate of drug-likeness (QED) is 0.324. The molecular formula is C29H22N4O2. The Hall–Kier alpha value is -4.84. The van der Waals surface area contributed by atoms with Crippen LogP contribution in [0.2, 0.25) is 0 Å². The van der Waals surface area contributed by atoms with E-state index < -0.39 is 0 Å². The summed E-state index contributed by atoms with van der Waals surface area (Å²) < 4.78 is 1.76. The fourth-order valence-corrected chi connectivity index (χ4v) is 3.81. The number of aromatic nitrogens is 3. The zero-order valence-corrected chi connectivity index (χ0v) is 19.1. The van der Waals surface area contributed by atoms with E-state index in [0.717, 1.165) is 22.0 Å². The maximum absolute atomic E-state index is 13.3. The molecule has 0 saturated carbocycles. The number of fused-ring (bicyclic) bond motifs is 1. The van der Waals surface area contributed by atoms with Gasteiger partial charge in [-0.25, -0.2) is 4.68 Å². The summed E-state index contributed by atoms with van der Waals surface area (Å²) in [7, 11) is 0. The lowest BCUT2D eigenvalue weighted by Crippen LogP contribution is -2.13. The first-order chi connectivity index (χ1) is 17.1. The summed E-state index contributed by atoms with van der Waals surface area (Å²) in [5.41, 5.74) is 4.82. The summed E-state index contributed by atoms with van der Waals surface area (Å²) in [5.74, 6) is -0.415. The van der Waals surface area contributed by atoms with Gasteiger partial charge in [0.25, 0.3) is 5.91 Å². The van der Waals surface area contributed by atoms with Crippen LogP contribution in [0.5, 0.6) is 0 Å². The number of ketones is 1. The van der Waals surface area contributed by atoms with Crippen LogP contribution in [-0.2, 0) is 0 Å². The molecule has 2 aromatic heterocycles. The van der Waals surface area contributed by atoms with Crippen molar-refractivity contribution in [2.45, 2.75) is 6.92 Å². The first-order valence-corrected chi connectivity index (χ1v) is 11.2. The van der Waals surface area contributed by atoms with E-state index in [-0.39, 0.29) is 11.7 Å². The van der Waals surface area contributed by atoms with Crippen molar-refractivity contribution < 1.29 is 9.59 Å². The Morgan fingerprint density at radius 3 is 2.49 bits per heavy atom. The first kappa shape index (κ1) is 22.0. The van der Waals surface area contributed by atoms with Gasteiger partial charge in [0.05, 0.1) is 17.3 Å². The minimum absolute atomic E-state index is 0.139. The van der Waals surface area contributed by atoms with Crippen LogP contribution in [0.1, 0.15) is 37.4 Å². The molecule has 0 radical (unpaired) electrons. The topological polar surface area (TPSA) is 76.9 Å². The molecule has 1 N–H and O–H groups in total. The molecule has 2 heterocycles. The normalized spacial score (nSPS) is 11.1. The van der Waals surface area contributed by atoms with Gasteiger partial charge in [-0.15, -0.1) is 0 Å². The van der Waals surface area contributed by atoms with Gasteiger partial charge in [-0.2, -0.15) is 5.10 Å². The van der Waals surface area contributed by atoms with Crippen molar-refractivity contribution in [3.8, 4) is 0 Å². The number of carbonyl (C=O) groups is 2. The first-order valence-electron chi connectivity index (χ1n) is 11.2. The molecule has 0 bridgehead atoms. The number of rotatable bonds is 6. The average molecular weight is 459 g/mol. The van der Waals surface area contributed by atoms with E-state index in [1.807, 2.05) is 61.7 Å². The molecule has 0 aliphatic rings. The van der Waals surface area contributed by atoms with Crippen molar-refractivity contribution in [1.29, 1.82) is 0 Å². The Kier molecular flexibility index (Phi) is 6.01. The highest BCUT2D eigenvalue weighted by atomic mass is 16.1. The Balaban J connectivity index is 1.39. The summed E-state index contributed by atoms with van der Waals surface area (Å²) in [5, 5.41) is 8.21. The standard InChI is InChI=1S/C29H22N4O2/c1-20-14-25(18-30-17-20)29(35)32-26-9-5-8-22(15-26)28(34)23-10-11-24-19-31-33(27(24)16-23)13-12-21-6-3-2-4-7-21/h2-19H,1H3,(H,32,35). The predicted molar refractivity (Wildman–Crippen MR) is 138 cm³/mol. The van der Waals surface area contributed by atoms with Crippen molar-refractivity contribution in [2.24, 2.45) is 0 Å². The summed E-state index contributed by atoms with van der Waals surface area (Å²) in [6, 6.07) is 24.2. The van der Waals surface area contributed by atoms with Gasteiger partial charge in [0.15, 0.2) is 5.78 Å². The fraction of sp³-hybridized carbons (Fsp3) is 0.0345. The molecule has 0 aliphatic carbocycles. The van der Waals surface area contributed by atoms with Crippen LogP contribution in [0.15, 0.2) is 97.5 Å². The van der Waals surface area contributed by atoms with E-state index in [9.17, 15) is 9.59 Å². The Morgan fingerprint density at radius 2 is 1.66 bits per heavy atom. The number of hydrogen-bond donors (Lipinski definition) is 1. The van der Waals surface area contributed by atoms with Gasteiger partial charge in [0.2, 0.25) is 0 Å². The minimum Gasteiger partial charge on any atom is -0.322 e. The van der Waals surface area contributed by atoms with Crippen LogP contribution >= 0.6 is 0 Å². The summed E-state index contributed by atoms with van der Waals surface area (Å²) in [4.78, 5) is 29.9. The van der Waals surface area contributed by atoms with Gasteiger partial charge in [0, 0.05) is 40.8 Å². The number of hydrogen-bond acceptors (Lipinski definition) is 4. The number of benzene rings is 3. The zero-order valence-electron chi connectivity index (χ0n) is 19.1. The Bertz CT molecular complexity index is 1570. The van der Waals surface area contributed by atoms with Crippen LogP contribution < -0.4 is 5.32 Å². The summed E-state index contributed by atoms with van der Waals surface area (Å²) >= 11 is 0. The number of carbonyl (C=O) groups excluding carboxylic acids is 2. The largest absolute Gasteiger partial charge is 0.322 e. The number of anilines is 1. The van der Waals surface area contributed by atoms with Crippen molar-refractivity contribution in [3.05, 3.63) is 125 Å². The fourth-order valence-electron chi connectivity index (χ4n) is 3.81. The van der Waals surface area contributed by atoms with Crippen molar-refractivity contribution >= 4 is 40.6 Å². The molecule has 6 nitrogen and oxygen atoms in total. The molecule has 0 unspecified atom stereocenters. The molecule has 0 saturated heterocycles. The van der Waals surface area contributed by atoms with E-state index in [4.69, 9.17) is 0 Å². The average Bonchev–Trinajstić information content (AvgIpc) is 3.30. The van der Waals surface area contributed by atoms with Gasteiger partial charge < -0.3 is 5.32 Å². The molecular weight excluding hydrogens is 436 g/mol. The zero-order chi connectivity index (χ0) is 24.2. The minimum atomic E-state index is -0.277. The van der Waals surface area contributed by atoms with Gasteiger partial charge in [-0.1, -0.05) is 54.6 Å². The van der Waals surface area contributed by atoms with Gasteiger partial charge in [-0.3, -0.25) is 14.6 Å². The highest BCUT2D eigenvalue weighted by Gasteiger charge is 2.13. The number of aryl methyl sites for hydroxylation is 1. The second-order valence-corrected chi connectivity index (χ2v) is 8.20. The van der Waals surface area contributed by atoms with Crippen LogP contribution in [0.4, 0.5) is 5.69 Å². The van der Waals surface area contributed by atoms with Crippen LogP contribution in [0.25, 0.3) is 23.2 Å². The van der Waals surface area contributed by atoms with E-state index >= 15 is 0 Å². The van der Waals surface area contributed by atoms with Gasteiger partial charge in [-0.05, 0) is 48.4 Å². The lowest BCUT2D eigenvalue weighted by atomic mass is 10.0. The molecule has 3 aromatic carbocycles. The molecule has 0 aliphatic heterocycles. The Morgan fingerprint density at radius 1 is 0.829 bits per heavy atom. The highest BCUT2D eigenvalue weighted by molar-refractivity contribution is 6.11. The second-order valence-electron chi connectivity index (χ2n) is 8.20. The van der Waals surface area contributed by atoms with E-state index in [1.165, 1.54) is 6.20 Å². The number of amides is 1. The molecule has 6 heteroatoms. The summed E-state index contributed by atoms with van der Waals surface area (Å²) in [6.07, 6.45) is 8.83. The predicted octanol–water partition coefficient (Wildman–Crippen LogP) is 5.85. The van der Waals surface area contributed by atoms with E-state index in [2.05, 4.69) is 15.4 Å². The molecule has 1 amide bonds. The monoisotopic (exact) mass is 458 g/mol. The van der Waals surface area contributed by atoms with Gasteiger partial charge in [0.1, 0.15) is 0 Å². The van der Waals surface area contributed by atoms with Crippen molar-refractivity contribution in [3.63, 3.8) is 0 Å². The summed E-state index contributed by atoms with van der Waals surface area (Å²) in [6.45, 7) is 1.88. The van der Waals surface area contributed by atoms with Crippen LogP contribution in [0.3, 0.4) is 0 Å². The Labute approximate surface area is 202 Å². The third kappa shape index (κ3) is 4.91. The molecule has 0 atom stereocenters. The van der Waals surface area contributed by atoms with Crippen molar-refractivity contribution in [2.75, 3.05) is 5.32 Å². The SMILES string of the molecule is Cc1cncc(C(=O)Nc2cccc(C(=O)c3ccc4cnn(C=Cc5ccccc5)c4c3)c2)c1. The smallest absolute Gasteiger partial charge is 0.257 e. The molecule has 5 rings (SSSR count). The maximum Gasteiger partial charge on any atom is 0.257 e. The van der Waals surface area contributed by atoms with Crippen LogP contribution in [0, 0.1) is 6.92 Å². The lowest BCUT2D eigenvalue weighted by molar-refractivity contribution is 0.102. The highest BCUT2D eigenvalue weighted by Crippen LogP contribution is 2.21. The van der Waals surface area contributed by atoms with E-state index in [1.54, 1.807) is 53.5 Å². The third-order valence-corrected chi connectivity index (χ3v) is 5.59. The second kappa shape index (κ2) is 9.57. The molecule has 5 aromatic rings. The maximum atomic E-state index is 13.3. The molecule has 0 fully saturated rings. The number of pyridine rings is 1. The van der Waals surface area contributed by atoms with E-state index in [0.29, 0.717) is 22.4 Å². The molecule has 35 heavy (non-hydrogen) atoms. The van der Waals surface area contributed by atoms with Crippen LogP contribution in [-0.4, -0.2) is 26.5 Å². The number of nitrogens with one attached hydrogen (secondary N) is 1. The third-order valence-electron chi connectivity index (χ3n) is 5.59. The number of nitrogens with zero attached hydrogens (tertiary/aromatic N) is 3. The molecule has 0 spiro atoms. The lowest BCUT2D eigenvalue weighted by Gasteiger charge is -2.08. The molecule has 170 valence electrons. The van der Waals surface area contributed by atoms with Crippen molar-refractivity contribution in [1.82, 2.24) is 14.8 Å². The van der Waals surface area contributed by atoms with Gasteiger partial charge >= 0.3 is 0 Å².